The quantitative estimate of drug-likeness (QED) is 0.621. The molecule has 0 aliphatic carbocycles. The Balaban J connectivity index is 1.94. The second kappa shape index (κ2) is 9.20. The first-order chi connectivity index (χ1) is 14.0. The highest BCUT2D eigenvalue weighted by Crippen LogP contribution is 2.26. The van der Waals surface area contributed by atoms with Crippen molar-refractivity contribution in [3.63, 3.8) is 0 Å². The zero-order chi connectivity index (χ0) is 20.8. The van der Waals surface area contributed by atoms with Gasteiger partial charge in [0.05, 0.1) is 12.3 Å². The van der Waals surface area contributed by atoms with E-state index in [0.717, 1.165) is 16.8 Å². The van der Waals surface area contributed by atoms with Crippen LogP contribution < -0.4 is 10.1 Å². The number of anilines is 1. The number of nitrogens with zero attached hydrogens (tertiary/aromatic N) is 4. The van der Waals surface area contributed by atoms with E-state index in [4.69, 9.17) is 9.47 Å². The smallest absolute Gasteiger partial charge is 0.336 e. The van der Waals surface area contributed by atoms with Crippen LogP contribution in [0.5, 0.6) is 6.01 Å². The third-order valence-corrected chi connectivity index (χ3v) is 4.26. The fourth-order valence-corrected chi connectivity index (χ4v) is 2.67. The Kier molecular flexibility index (Phi) is 6.46. The highest BCUT2D eigenvalue weighted by Gasteiger charge is 2.16. The molecule has 0 aliphatic rings. The van der Waals surface area contributed by atoms with Gasteiger partial charge in [0.15, 0.2) is 5.82 Å². The Hall–Kier alpha value is -3.39. The molecule has 1 aromatic heterocycles. The molecule has 1 N–H and O–H groups in total. The Bertz CT molecular complexity index is 967. The van der Waals surface area contributed by atoms with Crippen molar-refractivity contribution < 1.29 is 14.3 Å². The van der Waals surface area contributed by atoms with Crippen LogP contribution in [0.15, 0.2) is 48.5 Å². The van der Waals surface area contributed by atoms with Gasteiger partial charge in [-0.05, 0) is 36.8 Å². The van der Waals surface area contributed by atoms with E-state index in [9.17, 15) is 4.79 Å². The van der Waals surface area contributed by atoms with Gasteiger partial charge < -0.3 is 19.7 Å². The molecule has 0 saturated heterocycles. The van der Waals surface area contributed by atoms with Crippen molar-refractivity contribution in [2.24, 2.45) is 0 Å². The van der Waals surface area contributed by atoms with E-state index in [1.807, 2.05) is 55.5 Å². The lowest BCUT2D eigenvalue weighted by molar-refractivity contribution is 0.141. The molecule has 0 bridgehead atoms. The van der Waals surface area contributed by atoms with Gasteiger partial charge in [-0.15, -0.1) is 5.10 Å². The molecular formula is C21H25N5O3. The molecule has 0 radical (unpaired) electrons. The minimum absolute atomic E-state index is 0.187. The molecule has 152 valence electrons. The van der Waals surface area contributed by atoms with E-state index in [-0.39, 0.29) is 12.0 Å². The maximum atomic E-state index is 11.8. The van der Waals surface area contributed by atoms with Crippen molar-refractivity contribution in [3.05, 3.63) is 54.1 Å². The van der Waals surface area contributed by atoms with E-state index in [1.165, 1.54) is 4.90 Å². The van der Waals surface area contributed by atoms with Crippen molar-refractivity contribution in [1.82, 2.24) is 19.7 Å². The van der Waals surface area contributed by atoms with Crippen LogP contribution in [0.2, 0.25) is 0 Å². The Morgan fingerprint density at radius 3 is 2.48 bits per heavy atom. The minimum Gasteiger partial charge on any atom is -0.460 e. The second-order valence-electron chi connectivity index (χ2n) is 6.66. The number of nitrogens with one attached hydrogen (secondary N) is 1. The van der Waals surface area contributed by atoms with Crippen LogP contribution in [0.4, 0.5) is 10.5 Å². The number of urea groups is 1. The van der Waals surface area contributed by atoms with E-state index in [2.05, 4.69) is 15.4 Å². The lowest BCUT2D eigenvalue weighted by Gasteiger charge is -2.12. The van der Waals surface area contributed by atoms with Gasteiger partial charge in [-0.2, -0.15) is 4.98 Å². The molecule has 29 heavy (non-hydrogen) atoms. The second-order valence-corrected chi connectivity index (χ2v) is 6.66. The van der Waals surface area contributed by atoms with Crippen molar-refractivity contribution in [2.45, 2.75) is 6.92 Å². The topological polar surface area (TPSA) is 81.5 Å². The number of ether oxygens (including phenoxy) is 2. The number of carbonyl (C=O) groups excluding carboxylic acids is 1. The van der Waals surface area contributed by atoms with E-state index in [0.29, 0.717) is 24.7 Å². The van der Waals surface area contributed by atoms with E-state index < -0.39 is 0 Å². The lowest BCUT2D eigenvalue weighted by atomic mass is 10.1. The van der Waals surface area contributed by atoms with Gasteiger partial charge in [0, 0.05) is 32.5 Å². The third-order valence-electron chi connectivity index (χ3n) is 4.26. The third kappa shape index (κ3) is 4.91. The number of hydrogen-bond donors (Lipinski definition) is 1. The van der Waals surface area contributed by atoms with Crippen molar-refractivity contribution >= 4 is 11.7 Å². The molecule has 1 heterocycles. The number of carbonyl (C=O) groups is 1. The van der Waals surface area contributed by atoms with Gasteiger partial charge in [-0.3, -0.25) is 0 Å². The molecule has 2 aromatic carbocycles. The largest absolute Gasteiger partial charge is 0.460 e. The summed E-state index contributed by atoms with van der Waals surface area (Å²) in [6.45, 7) is 2.84. The number of methoxy groups -OCH3 is 1. The van der Waals surface area contributed by atoms with Gasteiger partial charge >= 0.3 is 12.0 Å². The molecule has 0 atom stereocenters. The average molecular weight is 395 g/mol. The molecule has 0 aliphatic heterocycles. The predicted molar refractivity (Wildman–Crippen MR) is 112 cm³/mol. The maximum Gasteiger partial charge on any atom is 0.336 e. The van der Waals surface area contributed by atoms with Crippen LogP contribution in [0, 0.1) is 6.92 Å². The normalized spacial score (nSPS) is 10.6. The fourth-order valence-electron chi connectivity index (χ4n) is 2.67. The molecule has 8 nitrogen and oxygen atoms in total. The summed E-state index contributed by atoms with van der Waals surface area (Å²) in [6, 6.07) is 15.5. The van der Waals surface area contributed by atoms with Crippen LogP contribution in [0.25, 0.3) is 17.1 Å². The monoisotopic (exact) mass is 395 g/mol. The first kappa shape index (κ1) is 20.3. The van der Waals surface area contributed by atoms with Crippen molar-refractivity contribution in [3.8, 4) is 23.1 Å². The minimum atomic E-state index is -0.187. The predicted octanol–water partition coefficient (Wildman–Crippen LogP) is 3.36. The first-order valence-electron chi connectivity index (χ1n) is 9.23. The molecule has 0 fully saturated rings. The molecule has 0 saturated carbocycles. The Labute approximate surface area is 170 Å². The van der Waals surface area contributed by atoms with Crippen LogP contribution in [0.3, 0.4) is 0 Å². The molecule has 2 amide bonds. The van der Waals surface area contributed by atoms with Crippen LogP contribution in [-0.2, 0) is 4.74 Å². The molecule has 0 spiro atoms. The molecule has 3 aromatic rings. The SMILES string of the molecule is COCCOc1nc(-c2ccccc2C)n(-c2ccc(NC(=O)N(C)C)cc2)n1. The highest BCUT2D eigenvalue weighted by atomic mass is 16.5. The number of aryl methyl sites for hydroxylation is 1. The molecule has 3 rings (SSSR count). The van der Waals surface area contributed by atoms with Crippen LogP contribution in [-0.4, -0.2) is 60.1 Å². The van der Waals surface area contributed by atoms with Crippen LogP contribution >= 0.6 is 0 Å². The fraction of sp³-hybridized carbons (Fsp3) is 0.286. The number of amides is 2. The van der Waals surface area contributed by atoms with Crippen molar-refractivity contribution in [1.29, 1.82) is 0 Å². The summed E-state index contributed by atoms with van der Waals surface area (Å²) in [5.41, 5.74) is 3.55. The Morgan fingerprint density at radius 1 is 1.10 bits per heavy atom. The zero-order valence-electron chi connectivity index (χ0n) is 17.0. The number of benzene rings is 2. The molecule has 0 unspecified atom stereocenters. The Morgan fingerprint density at radius 2 is 1.83 bits per heavy atom. The molecular weight excluding hydrogens is 370 g/mol. The van der Waals surface area contributed by atoms with Crippen molar-refractivity contribution in [2.75, 3.05) is 39.7 Å². The average Bonchev–Trinajstić information content (AvgIpc) is 3.13. The van der Waals surface area contributed by atoms with E-state index >= 15 is 0 Å². The van der Waals surface area contributed by atoms with Gasteiger partial charge in [0.2, 0.25) is 0 Å². The number of hydrogen-bond acceptors (Lipinski definition) is 5. The summed E-state index contributed by atoms with van der Waals surface area (Å²) in [4.78, 5) is 17.9. The summed E-state index contributed by atoms with van der Waals surface area (Å²) in [6.07, 6.45) is 0. The summed E-state index contributed by atoms with van der Waals surface area (Å²) in [7, 11) is 5.00. The van der Waals surface area contributed by atoms with Crippen LogP contribution in [0.1, 0.15) is 5.56 Å². The summed E-state index contributed by atoms with van der Waals surface area (Å²) in [5, 5.41) is 7.34. The van der Waals surface area contributed by atoms with Gasteiger partial charge in [0.1, 0.15) is 6.61 Å². The number of rotatable bonds is 7. The first-order valence-corrected chi connectivity index (χ1v) is 9.23. The van der Waals surface area contributed by atoms with Gasteiger partial charge in [0.25, 0.3) is 0 Å². The summed E-state index contributed by atoms with van der Waals surface area (Å²) in [5.74, 6) is 0.681. The highest BCUT2D eigenvalue weighted by molar-refractivity contribution is 5.89. The summed E-state index contributed by atoms with van der Waals surface area (Å²) < 4.78 is 12.4. The summed E-state index contributed by atoms with van der Waals surface area (Å²) >= 11 is 0. The van der Waals surface area contributed by atoms with Gasteiger partial charge in [-0.1, -0.05) is 24.3 Å². The zero-order valence-corrected chi connectivity index (χ0v) is 17.0. The molecule has 8 heteroatoms. The standard InChI is InChI=1S/C21H25N5O3/c1-15-7-5-6-8-18(15)19-23-20(29-14-13-28-4)24-26(19)17-11-9-16(10-12-17)22-21(27)25(2)3/h5-12H,13-14H2,1-4H3,(H,22,27). The van der Waals surface area contributed by atoms with E-state index in [1.54, 1.807) is 25.9 Å². The van der Waals surface area contributed by atoms with Gasteiger partial charge in [-0.25, -0.2) is 9.48 Å². The number of aromatic nitrogens is 3. The maximum absolute atomic E-state index is 11.8. The lowest BCUT2D eigenvalue weighted by Crippen LogP contribution is -2.27.